The second kappa shape index (κ2) is 6.08. The summed E-state index contributed by atoms with van der Waals surface area (Å²) in [5.41, 5.74) is 0.396. The third-order valence-electron chi connectivity index (χ3n) is 3.71. The summed E-state index contributed by atoms with van der Waals surface area (Å²) < 4.78 is 31.8. The SMILES string of the molecule is N#Cc1ccc(S(=O)(=O)N2CCCC2c2noc(CO)n2)cc1. The fourth-order valence-corrected chi connectivity index (χ4v) is 4.25. The van der Waals surface area contributed by atoms with Gasteiger partial charge in [0.25, 0.3) is 5.89 Å². The lowest BCUT2D eigenvalue weighted by Gasteiger charge is -2.21. The minimum Gasteiger partial charge on any atom is -0.387 e. The van der Waals surface area contributed by atoms with Crippen LogP contribution in [-0.4, -0.2) is 34.5 Å². The number of sulfonamides is 1. The molecule has 0 spiro atoms. The van der Waals surface area contributed by atoms with E-state index < -0.39 is 16.1 Å². The molecule has 1 fully saturated rings. The van der Waals surface area contributed by atoms with Gasteiger partial charge >= 0.3 is 0 Å². The minimum atomic E-state index is -3.72. The molecule has 1 saturated heterocycles. The summed E-state index contributed by atoms with van der Waals surface area (Å²) in [4.78, 5) is 4.14. The molecule has 0 amide bonds. The largest absolute Gasteiger partial charge is 0.387 e. The van der Waals surface area contributed by atoms with Gasteiger partial charge in [0, 0.05) is 6.54 Å². The van der Waals surface area contributed by atoms with Crippen LogP contribution < -0.4 is 0 Å². The van der Waals surface area contributed by atoms with E-state index in [-0.39, 0.29) is 23.2 Å². The second-order valence-electron chi connectivity index (χ2n) is 5.11. The highest BCUT2D eigenvalue weighted by Gasteiger charge is 2.38. The van der Waals surface area contributed by atoms with Crippen molar-refractivity contribution in [1.29, 1.82) is 5.26 Å². The van der Waals surface area contributed by atoms with E-state index in [2.05, 4.69) is 10.1 Å². The first-order valence-corrected chi connectivity index (χ1v) is 8.45. The van der Waals surface area contributed by atoms with Gasteiger partial charge in [-0.1, -0.05) is 5.16 Å². The summed E-state index contributed by atoms with van der Waals surface area (Å²) >= 11 is 0. The molecule has 1 N–H and O–H groups in total. The smallest absolute Gasteiger partial charge is 0.252 e. The van der Waals surface area contributed by atoms with Gasteiger partial charge in [0.15, 0.2) is 5.82 Å². The Labute approximate surface area is 133 Å². The lowest BCUT2D eigenvalue weighted by atomic mass is 10.2. The molecule has 9 heteroatoms. The molecule has 2 heterocycles. The molecule has 1 unspecified atom stereocenters. The topological polar surface area (TPSA) is 120 Å². The Hall–Kier alpha value is -2.28. The zero-order chi connectivity index (χ0) is 16.4. The zero-order valence-electron chi connectivity index (χ0n) is 12.1. The maximum atomic E-state index is 12.8. The van der Waals surface area contributed by atoms with E-state index in [9.17, 15) is 8.42 Å². The predicted octanol–water partition coefficient (Wildman–Crippen LogP) is 0.959. The van der Waals surface area contributed by atoms with Gasteiger partial charge in [0.05, 0.1) is 22.6 Å². The van der Waals surface area contributed by atoms with E-state index >= 15 is 0 Å². The molecule has 23 heavy (non-hydrogen) atoms. The maximum Gasteiger partial charge on any atom is 0.252 e. The monoisotopic (exact) mass is 334 g/mol. The van der Waals surface area contributed by atoms with Crippen molar-refractivity contribution in [2.45, 2.75) is 30.4 Å². The van der Waals surface area contributed by atoms with E-state index in [4.69, 9.17) is 14.9 Å². The Balaban J connectivity index is 1.92. The molecule has 1 aliphatic heterocycles. The number of aromatic nitrogens is 2. The number of nitrogens with zero attached hydrogens (tertiary/aromatic N) is 4. The van der Waals surface area contributed by atoms with E-state index in [1.165, 1.54) is 28.6 Å². The lowest BCUT2D eigenvalue weighted by Crippen LogP contribution is -2.31. The molecule has 1 aliphatic rings. The summed E-state index contributed by atoms with van der Waals surface area (Å²) in [6.07, 6.45) is 1.27. The Morgan fingerprint density at radius 2 is 2.13 bits per heavy atom. The van der Waals surface area contributed by atoms with Crippen LogP contribution in [-0.2, 0) is 16.6 Å². The Bertz CT molecular complexity index is 838. The molecule has 2 aromatic rings. The van der Waals surface area contributed by atoms with Crippen molar-refractivity contribution in [2.24, 2.45) is 0 Å². The highest BCUT2D eigenvalue weighted by atomic mass is 32.2. The van der Waals surface area contributed by atoms with Gasteiger partial charge in [0.2, 0.25) is 10.0 Å². The van der Waals surface area contributed by atoms with Crippen LogP contribution in [0.25, 0.3) is 0 Å². The number of aliphatic hydroxyl groups is 1. The van der Waals surface area contributed by atoms with Crippen molar-refractivity contribution in [3.8, 4) is 6.07 Å². The first-order valence-electron chi connectivity index (χ1n) is 7.01. The van der Waals surface area contributed by atoms with E-state index in [0.717, 1.165) is 0 Å². The summed E-state index contributed by atoms with van der Waals surface area (Å²) in [5.74, 6) is 0.311. The molecule has 0 saturated carbocycles. The molecular formula is C14H14N4O4S. The van der Waals surface area contributed by atoms with Gasteiger partial charge < -0.3 is 9.63 Å². The van der Waals surface area contributed by atoms with Crippen LogP contribution in [0.5, 0.6) is 0 Å². The van der Waals surface area contributed by atoms with Crippen molar-refractivity contribution in [3.05, 3.63) is 41.5 Å². The molecular weight excluding hydrogens is 320 g/mol. The van der Waals surface area contributed by atoms with Crippen molar-refractivity contribution in [2.75, 3.05) is 6.54 Å². The van der Waals surface area contributed by atoms with Gasteiger partial charge in [-0.3, -0.25) is 0 Å². The number of hydrogen-bond acceptors (Lipinski definition) is 7. The molecule has 1 aromatic heterocycles. The second-order valence-corrected chi connectivity index (χ2v) is 7.00. The maximum absolute atomic E-state index is 12.8. The molecule has 1 atom stereocenters. The Morgan fingerprint density at radius 3 is 2.74 bits per heavy atom. The summed E-state index contributed by atoms with van der Waals surface area (Å²) in [5, 5.41) is 21.6. The molecule has 0 radical (unpaired) electrons. The zero-order valence-corrected chi connectivity index (χ0v) is 12.9. The van der Waals surface area contributed by atoms with Crippen LogP contribution in [0, 0.1) is 11.3 Å². The number of aliphatic hydroxyl groups excluding tert-OH is 1. The summed E-state index contributed by atoms with van der Waals surface area (Å²) in [7, 11) is -3.72. The van der Waals surface area contributed by atoms with Gasteiger partial charge in [0.1, 0.15) is 6.61 Å². The third-order valence-corrected chi connectivity index (χ3v) is 5.63. The molecule has 0 aliphatic carbocycles. The molecule has 0 bridgehead atoms. The predicted molar refractivity (Wildman–Crippen MR) is 77.2 cm³/mol. The molecule has 1 aromatic carbocycles. The Kier molecular flexibility index (Phi) is 4.12. The van der Waals surface area contributed by atoms with Gasteiger partial charge in [-0.2, -0.15) is 14.6 Å². The van der Waals surface area contributed by atoms with Gasteiger partial charge in [-0.05, 0) is 37.1 Å². The summed E-state index contributed by atoms with van der Waals surface area (Å²) in [6.45, 7) is -0.0297. The van der Waals surface area contributed by atoms with E-state index in [1.807, 2.05) is 6.07 Å². The number of nitriles is 1. The molecule has 8 nitrogen and oxygen atoms in total. The molecule has 120 valence electrons. The first kappa shape index (κ1) is 15.6. The average Bonchev–Trinajstić information content (AvgIpc) is 3.23. The van der Waals surface area contributed by atoms with Crippen LogP contribution in [0.15, 0.2) is 33.7 Å². The molecule has 3 rings (SSSR count). The van der Waals surface area contributed by atoms with E-state index in [0.29, 0.717) is 24.9 Å². The van der Waals surface area contributed by atoms with Crippen LogP contribution in [0.3, 0.4) is 0 Å². The standard InChI is InChI=1S/C14H14N4O4S/c15-8-10-3-5-11(6-4-10)23(20,21)18-7-1-2-12(18)14-16-13(9-19)22-17-14/h3-6,12,19H,1-2,7,9H2. The Morgan fingerprint density at radius 1 is 1.39 bits per heavy atom. The highest BCUT2D eigenvalue weighted by molar-refractivity contribution is 7.89. The number of rotatable bonds is 4. The first-order chi connectivity index (χ1) is 11.1. The van der Waals surface area contributed by atoms with Crippen LogP contribution in [0.4, 0.5) is 0 Å². The fourth-order valence-electron chi connectivity index (χ4n) is 2.59. The summed E-state index contributed by atoms with van der Waals surface area (Å²) in [6, 6.07) is 7.21. The minimum absolute atomic E-state index is 0.0580. The quantitative estimate of drug-likeness (QED) is 0.884. The normalized spacial score (nSPS) is 18.9. The third kappa shape index (κ3) is 2.84. The van der Waals surface area contributed by atoms with Crippen molar-refractivity contribution >= 4 is 10.0 Å². The van der Waals surface area contributed by atoms with Crippen molar-refractivity contribution < 1.29 is 18.0 Å². The van der Waals surface area contributed by atoms with Crippen molar-refractivity contribution in [3.63, 3.8) is 0 Å². The fraction of sp³-hybridized carbons (Fsp3) is 0.357. The van der Waals surface area contributed by atoms with Crippen LogP contribution >= 0.6 is 0 Å². The van der Waals surface area contributed by atoms with Gasteiger partial charge in [-0.15, -0.1) is 0 Å². The van der Waals surface area contributed by atoms with Gasteiger partial charge in [-0.25, -0.2) is 8.42 Å². The highest BCUT2D eigenvalue weighted by Crippen LogP contribution is 2.35. The average molecular weight is 334 g/mol. The lowest BCUT2D eigenvalue weighted by molar-refractivity contribution is 0.222. The van der Waals surface area contributed by atoms with Crippen molar-refractivity contribution in [1.82, 2.24) is 14.4 Å². The number of hydrogen-bond donors (Lipinski definition) is 1. The number of benzene rings is 1. The van der Waals surface area contributed by atoms with E-state index in [1.54, 1.807) is 0 Å². The van der Waals surface area contributed by atoms with Crippen LogP contribution in [0.1, 0.15) is 36.2 Å². The van der Waals surface area contributed by atoms with Crippen LogP contribution in [0.2, 0.25) is 0 Å².